The lowest BCUT2D eigenvalue weighted by Crippen LogP contribution is -2.32. The molecule has 2 aromatic rings. The van der Waals surface area contributed by atoms with E-state index >= 15 is 0 Å². The number of hydrogen-bond acceptors (Lipinski definition) is 6. The maximum atomic E-state index is 12.9. The lowest BCUT2D eigenvalue weighted by molar-refractivity contribution is -0.140. The first-order valence-corrected chi connectivity index (χ1v) is 9.07. The van der Waals surface area contributed by atoms with Gasteiger partial charge in [-0.1, -0.05) is 24.3 Å². The minimum atomic E-state index is -0.758. The molecule has 1 atom stereocenters. The van der Waals surface area contributed by atoms with Gasteiger partial charge in [-0.2, -0.15) is 0 Å². The highest BCUT2D eigenvalue weighted by Crippen LogP contribution is 2.40. The molecule has 0 spiro atoms. The lowest BCUT2D eigenvalue weighted by atomic mass is 9.95. The second-order valence-corrected chi connectivity index (χ2v) is 6.49. The summed E-state index contributed by atoms with van der Waals surface area (Å²) in [4.78, 5) is 27.0. The molecule has 0 saturated carbocycles. The highest BCUT2D eigenvalue weighted by Gasteiger charge is 2.46. The number of hydrogen-bond donors (Lipinski definition) is 1. The quantitative estimate of drug-likeness (QED) is 0.439. The van der Waals surface area contributed by atoms with E-state index in [9.17, 15) is 14.7 Å². The van der Waals surface area contributed by atoms with Gasteiger partial charge in [0.15, 0.2) is 0 Å². The second-order valence-electron chi connectivity index (χ2n) is 6.49. The van der Waals surface area contributed by atoms with Gasteiger partial charge in [0.25, 0.3) is 11.7 Å². The third kappa shape index (κ3) is 3.95. The highest BCUT2D eigenvalue weighted by molar-refractivity contribution is 6.46. The number of methoxy groups -OCH3 is 3. The number of aliphatic hydroxyl groups is 1. The monoisotopic (exact) mass is 397 g/mol. The van der Waals surface area contributed by atoms with E-state index < -0.39 is 17.7 Å². The fraction of sp³-hybridized carbons (Fsp3) is 0.273. The van der Waals surface area contributed by atoms with E-state index in [1.54, 1.807) is 48.5 Å². The number of Topliss-reactive ketones (excluding diaryl/α,β-unsaturated/α-hetero) is 1. The van der Waals surface area contributed by atoms with Crippen LogP contribution in [-0.4, -0.2) is 56.2 Å². The van der Waals surface area contributed by atoms with Crippen LogP contribution in [0.15, 0.2) is 54.1 Å². The molecule has 2 aromatic carbocycles. The van der Waals surface area contributed by atoms with Crippen molar-refractivity contribution < 1.29 is 28.9 Å². The average Bonchev–Trinajstić information content (AvgIpc) is 3.01. The van der Waals surface area contributed by atoms with Gasteiger partial charge in [0, 0.05) is 19.2 Å². The Morgan fingerprint density at radius 3 is 2.31 bits per heavy atom. The van der Waals surface area contributed by atoms with E-state index in [-0.39, 0.29) is 24.5 Å². The fourth-order valence-corrected chi connectivity index (χ4v) is 3.38. The number of ketones is 1. The maximum absolute atomic E-state index is 12.9. The first kappa shape index (κ1) is 20.4. The van der Waals surface area contributed by atoms with Crippen LogP contribution >= 0.6 is 0 Å². The fourth-order valence-electron chi connectivity index (χ4n) is 3.38. The van der Waals surface area contributed by atoms with Crippen LogP contribution in [0.4, 0.5) is 0 Å². The number of carbonyl (C=O) groups excluding carboxylic acids is 2. The summed E-state index contributed by atoms with van der Waals surface area (Å²) in [6.07, 6.45) is 0. The van der Waals surface area contributed by atoms with Gasteiger partial charge >= 0.3 is 0 Å². The van der Waals surface area contributed by atoms with E-state index in [0.717, 1.165) is 0 Å². The van der Waals surface area contributed by atoms with Crippen molar-refractivity contribution in [3.05, 3.63) is 65.2 Å². The van der Waals surface area contributed by atoms with Gasteiger partial charge in [0.2, 0.25) is 0 Å². The topological polar surface area (TPSA) is 85.3 Å². The molecule has 0 bridgehead atoms. The summed E-state index contributed by atoms with van der Waals surface area (Å²) in [6.45, 7) is 0.463. The molecular formula is C22H23NO6. The Bertz CT molecular complexity index is 952. The smallest absolute Gasteiger partial charge is 0.295 e. The van der Waals surface area contributed by atoms with E-state index in [0.29, 0.717) is 22.6 Å². The van der Waals surface area contributed by atoms with Gasteiger partial charge in [0.1, 0.15) is 17.3 Å². The molecule has 1 fully saturated rings. The van der Waals surface area contributed by atoms with Gasteiger partial charge in [-0.15, -0.1) is 0 Å². The molecule has 1 amide bonds. The summed E-state index contributed by atoms with van der Waals surface area (Å²) in [5.74, 6) is -0.564. The number of benzene rings is 2. The predicted octanol–water partition coefficient (Wildman–Crippen LogP) is 2.77. The van der Waals surface area contributed by atoms with Crippen LogP contribution in [0, 0.1) is 0 Å². The maximum Gasteiger partial charge on any atom is 0.295 e. The third-order valence-electron chi connectivity index (χ3n) is 4.83. The van der Waals surface area contributed by atoms with Crippen molar-refractivity contribution in [1.82, 2.24) is 4.90 Å². The van der Waals surface area contributed by atoms with Crippen LogP contribution in [0.5, 0.6) is 11.5 Å². The largest absolute Gasteiger partial charge is 0.507 e. The van der Waals surface area contributed by atoms with E-state index in [4.69, 9.17) is 14.2 Å². The van der Waals surface area contributed by atoms with Gasteiger partial charge in [-0.25, -0.2) is 0 Å². The van der Waals surface area contributed by atoms with Gasteiger partial charge in [-0.3, -0.25) is 9.59 Å². The van der Waals surface area contributed by atoms with Crippen LogP contribution in [0.2, 0.25) is 0 Å². The molecule has 0 radical (unpaired) electrons. The van der Waals surface area contributed by atoms with Crippen molar-refractivity contribution in [2.75, 3.05) is 34.5 Å². The molecule has 0 aromatic heterocycles. The molecule has 1 aliphatic rings. The first-order chi connectivity index (χ1) is 14.0. The zero-order chi connectivity index (χ0) is 21.0. The van der Waals surface area contributed by atoms with Crippen molar-refractivity contribution in [2.24, 2.45) is 0 Å². The lowest BCUT2D eigenvalue weighted by Gasteiger charge is -2.25. The Morgan fingerprint density at radius 2 is 1.66 bits per heavy atom. The van der Waals surface area contributed by atoms with Crippen molar-refractivity contribution in [1.29, 1.82) is 0 Å². The average molecular weight is 397 g/mol. The minimum Gasteiger partial charge on any atom is -0.507 e. The minimum absolute atomic E-state index is 0.0209. The van der Waals surface area contributed by atoms with E-state index in [2.05, 4.69) is 0 Å². The summed E-state index contributed by atoms with van der Waals surface area (Å²) in [7, 11) is 4.57. The van der Waals surface area contributed by atoms with Crippen LogP contribution in [0.1, 0.15) is 17.2 Å². The van der Waals surface area contributed by atoms with Crippen LogP contribution in [0.25, 0.3) is 5.76 Å². The normalized spacial score (nSPS) is 18.2. The molecule has 7 heteroatoms. The zero-order valence-electron chi connectivity index (χ0n) is 16.5. The Morgan fingerprint density at radius 1 is 1.00 bits per heavy atom. The molecule has 7 nitrogen and oxygen atoms in total. The Labute approximate surface area is 169 Å². The summed E-state index contributed by atoms with van der Waals surface area (Å²) in [6, 6.07) is 13.0. The molecule has 3 rings (SSSR count). The Kier molecular flexibility index (Phi) is 6.19. The van der Waals surface area contributed by atoms with Gasteiger partial charge < -0.3 is 24.2 Å². The molecule has 1 N–H and O–H groups in total. The first-order valence-electron chi connectivity index (χ1n) is 9.07. The second kappa shape index (κ2) is 8.79. The Hall–Kier alpha value is -3.32. The van der Waals surface area contributed by atoms with Crippen molar-refractivity contribution in [3.63, 3.8) is 0 Å². The summed E-state index contributed by atoms with van der Waals surface area (Å²) >= 11 is 0. The number of likely N-dealkylation sites (tertiary alicyclic amines) is 1. The van der Waals surface area contributed by atoms with Gasteiger partial charge in [-0.05, 0) is 29.8 Å². The molecular weight excluding hydrogens is 374 g/mol. The van der Waals surface area contributed by atoms with Crippen LogP contribution in [0.3, 0.4) is 0 Å². The predicted molar refractivity (Wildman–Crippen MR) is 107 cm³/mol. The Balaban J connectivity index is 2.17. The number of ether oxygens (including phenoxy) is 3. The SMILES string of the molecule is COCCN1C(=O)C(=O)/C(=C(\O)c2cccc(OC)c2)C1c1cccc(OC)c1. The molecule has 0 aliphatic carbocycles. The molecule has 1 aliphatic heterocycles. The van der Waals surface area contributed by atoms with Crippen molar-refractivity contribution in [3.8, 4) is 11.5 Å². The zero-order valence-corrected chi connectivity index (χ0v) is 16.5. The number of amides is 1. The summed E-state index contributed by atoms with van der Waals surface area (Å²) in [5, 5.41) is 11.0. The van der Waals surface area contributed by atoms with E-state index in [1.807, 2.05) is 0 Å². The molecule has 1 saturated heterocycles. The molecule has 1 unspecified atom stereocenters. The number of nitrogens with zero attached hydrogens (tertiary/aromatic N) is 1. The van der Waals surface area contributed by atoms with E-state index in [1.165, 1.54) is 26.2 Å². The molecule has 29 heavy (non-hydrogen) atoms. The highest BCUT2D eigenvalue weighted by atomic mass is 16.5. The molecule has 152 valence electrons. The summed E-state index contributed by atoms with van der Waals surface area (Å²) < 4.78 is 15.6. The standard InChI is InChI=1S/C22H23NO6/c1-27-11-10-23-19(14-6-4-8-16(12-14)28-2)18(21(25)22(23)26)20(24)15-7-5-9-17(13-15)29-3/h4-9,12-13,19,24H,10-11H2,1-3H3/b20-18-. The summed E-state index contributed by atoms with van der Waals surface area (Å²) in [5.41, 5.74) is 1.07. The third-order valence-corrected chi connectivity index (χ3v) is 4.83. The van der Waals surface area contributed by atoms with Gasteiger partial charge in [0.05, 0.1) is 32.4 Å². The van der Waals surface area contributed by atoms with Crippen LogP contribution in [-0.2, 0) is 14.3 Å². The van der Waals surface area contributed by atoms with Crippen molar-refractivity contribution in [2.45, 2.75) is 6.04 Å². The van der Waals surface area contributed by atoms with Crippen LogP contribution < -0.4 is 9.47 Å². The van der Waals surface area contributed by atoms with Crippen molar-refractivity contribution >= 4 is 17.4 Å². The molecule has 1 heterocycles. The number of carbonyl (C=O) groups is 2. The number of aliphatic hydroxyl groups excluding tert-OH is 1. The number of rotatable bonds is 7.